The number of hydrogen-bond acceptors (Lipinski definition) is 3. The molecule has 1 aliphatic rings. The average Bonchev–Trinajstić information content (AvgIpc) is 2.36. The van der Waals surface area contributed by atoms with Crippen LogP contribution in [0.15, 0.2) is 0 Å². The summed E-state index contributed by atoms with van der Waals surface area (Å²) in [5.74, 6) is -0.453. The van der Waals surface area contributed by atoms with E-state index in [1.54, 1.807) is 13.8 Å². The minimum absolute atomic E-state index is 0.00452. The van der Waals surface area contributed by atoms with E-state index in [9.17, 15) is 18.0 Å². The molecule has 0 saturated carbocycles. The number of nitrogens with one attached hydrogen (secondary N) is 1. The third-order valence-electron chi connectivity index (χ3n) is 3.67. The Kier molecular flexibility index (Phi) is 6.04. The average molecular weight is 309 g/mol. The number of rotatable bonds is 5. The van der Waals surface area contributed by atoms with Crippen molar-refractivity contribution in [1.82, 2.24) is 15.1 Å². The molecule has 1 rings (SSSR count). The lowest BCUT2D eigenvalue weighted by Gasteiger charge is -2.43. The van der Waals surface area contributed by atoms with Gasteiger partial charge in [0.05, 0.1) is 5.54 Å². The van der Waals surface area contributed by atoms with Crippen molar-refractivity contribution >= 4 is 5.91 Å². The van der Waals surface area contributed by atoms with E-state index in [1.165, 1.54) is 0 Å². The summed E-state index contributed by atoms with van der Waals surface area (Å²) in [7, 11) is 0. The lowest BCUT2D eigenvalue weighted by molar-refractivity contribution is -0.169. The van der Waals surface area contributed by atoms with Crippen molar-refractivity contribution in [2.24, 2.45) is 5.92 Å². The molecule has 1 aliphatic heterocycles. The molecular weight excluding hydrogens is 283 g/mol. The number of alkyl halides is 3. The Bertz CT molecular complexity index is 350. The molecule has 0 aromatic rings. The van der Waals surface area contributed by atoms with Gasteiger partial charge in [-0.1, -0.05) is 13.8 Å². The number of hydrogen-bond donors (Lipinski definition) is 1. The second-order valence-electron chi connectivity index (χ2n) is 6.49. The fraction of sp³-hybridized carbons (Fsp3) is 0.929. The fourth-order valence-corrected chi connectivity index (χ4v) is 2.62. The Hall–Kier alpha value is -0.820. The molecule has 0 aromatic heterocycles. The van der Waals surface area contributed by atoms with E-state index in [1.807, 2.05) is 18.7 Å². The summed E-state index contributed by atoms with van der Waals surface area (Å²) < 4.78 is 38.2. The first-order valence-electron chi connectivity index (χ1n) is 7.36. The molecule has 0 bridgehead atoms. The zero-order chi connectivity index (χ0) is 16.3. The normalized spacial score (nSPS) is 18.1. The minimum atomic E-state index is -4.37. The summed E-state index contributed by atoms with van der Waals surface area (Å²) >= 11 is 0. The van der Waals surface area contributed by atoms with Gasteiger partial charge in [0.15, 0.2) is 0 Å². The summed E-state index contributed by atoms with van der Waals surface area (Å²) in [6, 6.07) is 0. The molecule has 21 heavy (non-hydrogen) atoms. The van der Waals surface area contributed by atoms with Crippen LogP contribution in [0.1, 0.15) is 27.7 Å². The maximum absolute atomic E-state index is 12.7. The van der Waals surface area contributed by atoms with Crippen LogP contribution in [0.5, 0.6) is 0 Å². The molecule has 0 aromatic carbocycles. The van der Waals surface area contributed by atoms with Crippen LogP contribution in [0, 0.1) is 5.92 Å². The van der Waals surface area contributed by atoms with Gasteiger partial charge < -0.3 is 10.2 Å². The van der Waals surface area contributed by atoms with Crippen molar-refractivity contribution in [2.45, 2.75) is 39.4 Å². The molecule has 1 fully saturated rings. The van der Waals surface area contributed by atoms with E-state index in [-0.39, 0.29) is 12.5 Å². The van der Waals surface area contributed by atoms with Crippen molar-refractivity contribution in [2.75, 3.05) is 39.3 Å². The molecular formula is C14H26F3N3O. The summed E-state index contributed by atoms with van der Waals surface area (Å²) in [6.45, 7) is 8.83. The van der Waals surface area contributed by atoms with Crippen LogP contribution in [0.2, 0.25) is 0 Å². The number of nitrogens with zero attached hydrogens (tertiary/aromatic N) is 2. The van der Waals surface area contributed by atoms with Crippen molar-refractivity contribution in [3.05, 3.63) is 0 Å². The lowest BCUT2D eigenvalue weighted by atomic mass is 9.98. The highest BCUT2D eigenvalue weighted by molar-refractivity contribution is 5.85. The zero-order valence-electron chi connectivity index (χ0n) is 13.3. The predicted molar refractivity (Wildman–Crippen MR) is 76.0 cm³/mol. The number of amides is 1. The molecule has 0 spiro atoms. The summed E-state index contributed by atoms with van der Waals surface area (Å²) in [6.07, 6.45) is -4.37. The third kappa shape index (κ3) is 5.47. The van der Waals surface area contributed by atoms with Crippen LogP contribution in [-0.4, -0.2) is 66.7 Å². The largest absolute Gasteiger partial charge is 0.406 e. The maximum atomic E-state index is 12.7. The monoisotopic (exact) mass is 309 g/mol. The van der Waals surface area contributed by atoms with Crippen LogP contribution in [0.4, 0.5) is 13.2 Å². The highest BCUT2D eigenvalue weighted by Crippen LogP contribution is 2.23. The summed E-state index contributed by atoms with van der Waals surface area (Å²) in [5.41, 5.74) is -0.914. The van der Waals surface area contributed by atoms with Crippen LogP contribution < -0.4 is 5.32 Å². The van der Waals surface area contributed by atoms with E-state index >= 15 is 0 Å². The van der Waals surface area contributed by atoms with Gasteiger partial charge in [-0.25, -0.2) is 0 Å². The van der Waals surface area contributed by atoms with E-state index in [0.29, 0.717) is 13.1 Å². The summed E-state index contributed by atoms with van der Waals surface area (Å²) in [4.78, 5) is 15.5. The molecule has 1 N–H and O–H groups in total. The standard InChI is InChI=1S/C14H26F3N3O/c1-11(2)9-19(10-14(15,16)17)12(21)13(3,4)20-7-5-18-6-8-20/h11,18H,5-10H2,1-4H3. The van der Waals surface area contributed by atoms with E-state index in [0.717, 1.165) is 18.0 Å². The highest BCUT2D eigenvalue weighted by Gasteiger charge is 2.42. The molecule has 1 saturated heterocycles. The van der Waals surface area contributed by atoms with E-state index < -0.39 is 24.2 Å². The SMILES string of the molecule is CC(C)CN(CC(F)(F)F)C(=O)C(C)(C)N1CCNCC1. The van der Waals surface area contributed by atoms with Crippen molar-refractivity contribution in [3.8, 4) is 0 Å². The molecule has 7 heteroatoms. The topological polar surface area (TPSA) is 35.6 Å². The van der Waals surface area contributed by atoms with Gasteiger partial charge in [0.2, 0.25) is 5.91 Å². The Morgan fingerprint density at radius 2 is 1.76 bits per heavy atom. The quantitative estimate of drug-likeness (QED) is 0.840. The zero-order valence-corrected chi connectivity index (χ0v) is 13.3. The van der Waals surface area contributed by atoms with Gasteiger partial charge in [0.25, 0.3) is 0 Å². The van der Waals surface area contributed by atoms with Gasteiger partial charge in [-0.3, -0.25) is 9.69 Å². The molecule has 0 radical (unpaired) electrons. The minimum Gasteiger partial charge on any atom is -0.332 e. The Morgan fingerprint density at radius 1 is 1.24 bits per heavy atom. The Balaban J connectivity index is 2.86. The Labute approximate surface area is 124 Å². The van der Waals surface area contributed by atoms with E-state index in [4.69, 9.17) is 0 Å². The van der Waals surface area contributed by atoms with Gasteiger partial charge in [0.1, 0.15) is 6.54 Å². The second-order valence-corrected chi connectivity index (χ2v) is 6.49. The van der Waals surface area contributed by atoms with Crippen LogP contribution in [-0.2, 0) is 4.79 Å². The Morgan fingerprint density at radius 3 is 2.19 bits per heavy atom. The van der Waals surface area contributed by atoms with Gasteiger partial charge in [0, 0.05) is 32.7 Å². The second kappa shape index (κ2) is 6.96. The smallest absolute Gasteiger partial charge is 0.332 e. The predicted octanol–water partition coefficient (Wildman–Crippen LogP) is 1.72. The number of carbonyl (C=O) groups excluding carboxylic acids is 1. The van der Waals surface area contributed by atoms with E-state index in [2.05, 4.69) is 5.32 Å². The number of carbonyl (C=O) groups is 1. The van der Waals surface area contributed by atoms with Gasteiger partial charge in [-0.2, -0.15) is 13.2 Å². The first kappa shape index (κ1) is 18.2. The highest BCUT2D eigenvalue weighted by atomic mass is 19.4. The number of halogens is 3. The molecule has 0 unspecified atom stereocenters. The van der Waals surface area contributed by atoms with Crippen molar-refractivity contribution in [3.63, 3.8) is 0 Å². The first-order valence-corrected chi connectivity index (χ1v) is 7.36. The molecule has 0 atom stereocenters. The number of piperazine rings is 1. The maximum Gasteiger partial charge on any atom is 0.406 e. The van der Waals surface area contributed by atoms with Crippen LogP contribution >= 0.6 is 0 Å². The van der Waals surface area contributed by atoms with Gasteiger partial charge in [-0.15, -0.1) is 0 Å². The summed E-state index contributed by atoms with van der Waals surface area (Å²) in [5, 5.41) is 3.18. The molecule has 0 aliphatic carbocycles. The molecule has 1 heterocycles. The van der Waals surface area contributed by atoms with Crippen molar-refractivity contribution in [1.29, 1.82) is 0 Å². The van der Waals surface area contributed by atoms with Gasteiger partial charge in [-0.05, 0) is 19.8 Å². The molecule has 1 amide bonds. The molecule has 124 valence electrons. The van der Waals surface area contributed by atoms with Crippen LogP contribution in [0.3, 0.4) is 0 Å². The van der Waals surface area contributed by atoms with Crippen molar-refractivity contribution < 1.29 is 18.0 Å². The van der Waals surface area contributed by atoms with Crippen LogP contribution in [0.25, 0.3) is 0 Å². The lowest BCUT2D eigenvalue weighted by Crippen LogP contribution is -2.61. The third-order valence-corrected chi connectivity index (χ3v) is 3.67. The fourth-order valence-electron chi connectivity index (χ4n) is 2.62. The van der Waals surface area contributed by atoms with Gasteiger partial charge >= 0.3 is 6.18 Å². The molecule has 4 nitrogen and oxygen atoms in total. The first-order chi connectivity index (χ1) is 9.54.